The molecule has 0 atom stereocenters. The maximum atomic E-state index is 13.7. The highest BCUT2D eigenvalue weighted by Gasteiger charge is 2.29. The number of aromatic nitrogens is 2. The number of benzene rings is 2. The number of nitrogens with zero attached hydrogens (tertiary/aromatic N) is 4. The molecule has 0 unspecified atom stereocenters. The zero-order valence-corrected chi connectivity index (χ0v) is 18.1. The third kappa shape index (κ3) is 2.84. The number of likely N-dealkylation sites (N-methyl/N-ethyl adjacent to an activating group) is 1. The van der Waals surface area contributed by atoms with Gasteiger partial charge in [-0.25, -0.2) is 0 Å². The number of anilines is 1. The Morgan fingerprint density at radius 1 is 1.12 bits per heavy atom. The average Bonchev–Trinajstić information content (AvgIpc) is 3.58. The number of pyridine rings is 1. The van der Waals surface area contributed by atoms with E-state index in [0.717, 1.165) is 72.3 Å². The van der Waals surface area contributed by atoms with Crippen molar-refractivity contribution in [1.82, 2.24) is 14.5 Å². The van der Waals surface area contributed by atoms with Gasteiger partial charge in [0.15, 0.2) is 5.43 Å². The molecule has 7 nitrogen and oxygen atoms in total. The highest BCUT2D eigenvalue weighted by molar-refractivity contribution is 6.10. The number of aliphatic hydroxyl groups is 1. The van der Waals surface area contributed by atoms with Crippen LogP contribution < -0.4 is 10.3 Å². The van der Waals surface area contributed by atoms with E-state index in [1.54, 1.807) is 6.07 Å². The van der Waals surface area contributed by atoms with E-state index in [1.807, 2.05) is 18.2 Å². The van der Waals surface area contributed by atoms with Crippen LogP contribution in [-0.2, 0) is 6.61 Å². The van der Waals surface area contributed by atoms with Gasteiger partial charge in [0.2, 0.25) is 0 Å². The van der Waals surface area contributed by atoms with Crippen molar-refractivity contribution in [2.75, 3.05) is 38.1 Å². The van der Waals surface area contributed by atoms with Crippen LogP contribution in [0.3, 0.4) is 0 Å². The van der Waals surface area contributed by atoms with E-state index in [9.17, 15) is 15.2 Å². The number of aliphatic hydroxyl groups excluding tert-OH is 1. The minimum absolute atomic E-state index is 0.0255. The Kier molecular flexibility index (Phi) is 4.29. The summed E-state index contributed by atoms with van der Waals surface area (Å²) in [5.41, 5.74) is 4.92. The molecule has 1 saturated carbocycles. The van der Waals surface area contributed by atoms with E-state index >= 15 is 0 Å². The van der Waals surface area contributed by atoms with Crippen molar-refractivity contribution in [2.24, 2.45) is 0 Å². The Morgan fingerprint density at radius 3 is 2.59 bits per heavy atom. The molecule has 32 heavy (non-hydrogen) atoms. The van der Waals surface area contributed by atoms with E-state index in [1.165, 1.54) is 0 Å². The molecule has 0 bridgehead atoms. The fourth-order valence-corrected chi connectivity index (χ4v) is 5.10. The number of rotatable bonds is 3. The van der Waals surface area contributed by atoms with E-state index in [-0.39, 0.29) is 12.0 Å². The lowest BCUT2D eigenvalue weighted by atomic mass is 10.0. The molecule has 1 aliphatic carbocycles. The van der Waals surface area contributed by atoms with Crippen molar-refractivity contribution in [2.45, 2.75) is 25.5 Å². The normalized spacial score (nSPS) is 17.5. The van der Waals surface area contributed by atoms with Crippen LogP contribution in [0.1, 0.15) is 30.0 Å². The first-order valence-corrected chi connectivity index (χ1v) is 11.2. The quantitative estimate of drug-likeness (QED) is 0.525. The van der Waals surface area contributed by atoms with Crippen molar-refractivity contribution in [1.29, 1.82) is 5.26 Å². The lowest BCUT2D eigenvalue weighted by Crippen LogP contribution is -2.44. The van der Waals surface area contributed by atoms with Crippen LogP contribution in [0, 0.1) is 11.3 Å². The topological polar surface area (TPSA) is 88.3 Å². The van der Waals surface area contributed by atoms with Crippen molar-refractivity contribution in [3.63, 3.8) is 0 Å². The maximum Gasteiger partial charge on any atom is 0.199 e. The molecule has 2 aromatic heterocycles. The molecule has 3 heterocycles. The highest BCUT2D eigenvalue weighted by atomic mass is 16.3. The smallest absolute Gasteiger partial charge is 0.199 e. The molecule has 7 heteroatoms. The Morgan fingerprint density at radius 2 is 1.91 bits per heavy atom. The summed E-state index contributed by atoms with van der Waals surface area (Å²) >= 11 is 0. The third-order valence-corrected chi connectivity index (χ3v) is 7.00. The summed E-state index contributed by atoms with van der Waals surface area (Å²) in [5.74, 6) is 0. The van der Waals surface area contributed by atoms with Crippen LogP contribution in [0.4, 0.5) is 5.69 Å². The Bertz CT molecular complexity index is 1480. The van der Waals surface area contributed by atoms with Gasteiger partial charge in [-0.05, 0) is 44.2 Å². The van der Waals surface area contributed by atoms with E-state index in [0.29, 0.717) is 22.4 Å². The van der Waals surface area contributed by atoms with Gasteiger partial charge in [-0.2, -0.15) is 5.26 Å². The molecule has 1 saturated heterocycles. The van der Waals surface area contributed by atoms with Crippen molar-refractivity contribution >= 4 is 38.5 Å². The summed E-state index contributed by atoms with van der Waals surface area (Å²) in [6.45, 7) is 3.64. The highest BCUT2D eigenvalue weighted by Crippen LogP contribution is 2.41. The number of nitriles is 1. The second kappa shape index (κ2) is 7.09. The Labute approximate surface area is 185 Å². The minimum atomic E-state index is -0.0993. The summed E-state index contributed by atoms with van der Waals surface area (Å²) in [6.07, 6.45) is 2.16. The molecule has 6 rings (SSSR count). The molecule has 0 spiro atoms. The Hall–Kier alpha value is -3.34. The lowest BCUT2D eigenvalue weighted by molar-refractivity contribution is 0.280. The van der Waals surface area contributed by atoms with Gasteiger partial charge >= 0.3 is 0 Å². The summed E-state index contributed by atoms with van der Waals surface area (Å²) in [7, 11) is 2.12. The first kappa shape index (κ1) is 19.4. The van der Waals surface area contributed by atoms with Gasteiger partial charge in [0.25, 0.3) is 0 Å². The van der Waals surface area contributed by atoms with Gasteiger partial charge in [-0.1, -0.05) is 6.07 Å². The summed E-state index contributed by atoms with van der Waals surface area (Å²) in [6, 6.07) is 12.0. The lowest BCUT2D eigenvalue weighted by Gasteiger charge is -2.35. The van der Waals surface area contributed by atoms with E-state index in [2.05, 4.69) is 38.5 Å². The largest absolute Gasteiger partial charge is 0.392 e. The third-order valence-electron chi connectivity index (χ3n) is 7.00. The molecule has 2 fully saturated rings. The van der Waals surface area contributed by atoms with Crippen LogP contribution in [0.25, 0.3) is 32.8 Å². The molecule has 1 aliphatic heterocycles. The van der Waals surface area contributed by atoms with Crippen LogP contribution in [0.15, 0.2) is 35.1 Å². The number of fused-ring (bicyclic) bond motifs is 4. The number of hydrogen-bond acceptors (Lipinski definition) is 5. The van der Waals surface area contributed by atoms with Gasteiger partial charge in [-0.3, -0.25) is 4.79 Å². The molecule has 2 N–H and O–H groups in total. The molecule has 2 aromatic carbocycles. The number of aromatic amines is 1. The second-order valence-electron chi connectivity index (χ2n) is 9.10. The molecule has 0 radical (unpaired) electrons. The van der Waals surface area contributed by atoms with Gasteiger partial charge in [0.1, 0.15) is 5.65 Å². The summed E-state index contributed by atoms with van der Waals surface area (Å²) in [5, 5.41) is 21.6. The van der Waals surface area contributed by atoms with Crippen molar-refractivity contribution < 1.29 is 5.11 Å². The zero-order valence-electron chi connectivity index (χ0n) is 18.1. The number of hydrogen-bond donors (Lipinski definition) is 2. The molecular weight excluding hydrogens is 402 g/mol. The summed E-state index contributed by atoms with van der Waals surface area (Å²) in [4.78, 5) is 21.8. The molecule has 4 aromatic rings. The van der Waals surface area contributed by atoms with E-state index < -0.39 is 0 Å². The van der Waals surface area contributed by atoms with Crippen LogP contribution in [0.5, 0.6) is 0 Å². The summed E-state index contributed by atoms with van der Waals surface area (Å²) < 4.78 is 2.28. The first-order chi connectivity index (χ1) is 15.6. The first-order valence-electron chi connectivity index (χ1n) is 11.2. The predicted molar refractivity (Wildman–Crippen MR) is 126 cm³/mol. The van der Waals surface area contributed by atoms with Gasteiger partial charge in [0, 0.05) is 59.8 Å². The monoisotopic (exact) mass is 427 g/mol. The van der Waals surface area contributed by atoms with Gasteiger partial charge < -0.3 is 24.5 Å². The number of nitrogens with one attached hydrogen (secondary N) is 1. The SMILES string of the molecule is CN1CCN(c2cc3c(cc2CO)c(=O)c2c4ccc(C#N)cc4[nH]c2n3C2CC2)CC1. The van der Waals surface area contributed by atoms with Gasteiger partial charge in [-0.15, -0.1) is 0 Å². The minimum Gasteiger partial charge on any atom is -0.392 e. The van der Waals surface area contributed by atoms with Crippen LogP contribution >= 0.6 is 0 Å². The predicted octanol–water partition coefficient (Wildman–Crippen LogP) is 3.09. The average molecular weight is 428 g/mol. The zero-order chi connectivity index (χ0) is 22.0. The molecule has 0 amide bonds. The van der Waals surface area contributed by atoms with E-state index in [4.69, 9.17) is 0 Å². The molecule has 162 valence electrons. The molecular formula is C25H25N5O2. The fraction of sp³-hybridized carbons (Fsp3) is 0.360. The van der Waals surface area contributed by atoms with Crippen molar-refractivity contribution in [3.8, 4) is 6.07 Å². The standard InChI is InChI=1S/C25H25N5O2/c1-28-6-8-29(9-7-28)21-12-22-19(11-16(21)14-31)24(32)23-18-5-2-15(13-26)10-20(18)27-25(23)30(22)17-3-4-17/h2,5,10-12,17,27,31H,3-4,6-9,14H2,1H3. The Balaban J connectivity index is 1.68. The molecule has 2 aliphatic rings. The number of piperazine rings is 1. The van der Waals surface area contributed by atoms with Crippen LogP contribution in [-0.4, -0.2) is 52.8 Å². The fourth-order valence-electron chi connectivity index (χ4n) is 5.10. The second-order valence-corrected chi connectivity index (χ2v) is 9.10. The van der Waals surface area contributed by atoms with Crippen molar-refractivity contribution in [3.05, 3.63) is 51.7 Å². The van der Waals surface area contributed by atoms with Gasteiger partial charge in [0.05, 0.1) is 29.1 Å². The van der Waals surface area contributed by atoms with Crippen LogP contribution in [0.2, 0.25) is 0 Å². The number of H-pyrrole nitrogens is 1. The maximum absolute atomic E-state index is 13.7.